The third kappa shape index (κ3) is 2.80. The first-order valence-corrected chi connectivity index (χ1v) is 7.90. The summed E-state index contributed by atoms with van der Waals surface area (Å²) in [5.41, 5.74) is 2.15. The standard InChI is InChI=1S/C17H22N2O2/c1-2-12-6-5-7-13(10-12)18-15-11-16(20)19(17(15)21)14-8-3-4-9-14/h5-7,10,14-15,18H,2-4,8-9,11H2,1H3. The largest absolute Gasteiger partial charge is 0.373 e. The minimum atomic E-state index is -0.398. The molecule has 2 amide bonds. The molecule has 1 saturated heterocycles. The molecule has 1 saturated carbocycles. The van der Waals surface area contributed by atoms with Gasteiger partial charge in [-0.2, -0.15) is 0 Å². The second-order valence-corrected chi connectivity index (χ2v) is 6.00. The zero-order chi connectivity index (χ0) is 14.8. The smallest absolute Gasteiger partial charge is 0.252 e. The first-order valence-electron chi connectivity index (χ1n) is 7.90. The van der Waals surface area contributed by atoms with Gasteiger partial charge in [-0.1, -0.05) is 31.9 Å². The van der Waals surface area contributed by atoms with Crippen molar-refractivity contribution >= 4 is 17.5 Å². The summed E-state index contributed by atoms with van der Waals surface area (Å²) in [6.07, 6.45) is 5.43. The molecule has 0 radical (unpaired) electrons. The Hall–Kier alpha value is -1.84. The van der Waals surface area contributed by atoms with Crippen LogP contribution in [0.3, 0.4) is 0 Å². The third-order valence-corrected chi connectivity index (χ3v) is 4.55. The van der Waals surface area contributed by atoms with E-state index < -0.39 is 6.04 Å². The summed E-state index contributed by atoms with van der Waals surface area (Å²) in [6.45, 7) is 2.10. The number of imide groups is 1. The molecule has 2 aliphatic rings. The lowest BCUT2D eigenvalue weighted by atomic mass is 10.1. The Morgan fingerprint density at radius 3 is 2.71 bits per heavy atom. The van der Waals surface area contributed by atoms with E-state index in [-0.39, 0.29) is 24.3 Å². The van der Waals surface area contributed by atoms with Crippen molar-refractivity contribution in [1.29, 1.82) is 0 Å². The second kappa shape index (κ2) is 5.88. The van der Waals surface area contributed by atoms with Crippen molar-refractivity contribution in [3.8, 4) is 0 Å². The topological polar surface area (TPSA) is 49.4 Å². The van der Waals surface area contributed by atoms with E-state index in [0.29, 0.717) is 0 Å². The van der Waals surface area contributed by atoms with Crippen LogP contribution in [-0.4, -0.2) is 28.8 Å². The summed E-state index contributed by atoms with van der Waals surface area (Å²) in [5.74, 6) is -0.0650. The lowest BCUT2D eigenvalue weighted by Crippen LogP contribution is -2.40. The van der Waals surface area contributed by atoms with Crippen LogP contribution < -0.4 is 5.32 Å². The van der Waals surface area contributed by atoms with Gasteiger partial charge < -0.3 is 5.32 Å². The van der Waals surface area contributed by atoms with Gasteiger partial charge in [-0.3, -0.25) is 14.5 Å². The van der Waals surface area contributed by atoms with Gasteiger partial charge in [0, 0.05) is 11.7 Å². The fraction of sp³-hybridized carbons (Fsp3) is 0.529. The lowest BCUT2D eigenvalue weighted by molar-refractivity contribution is -0.141. The average molecular weight is 286 g/mol. The molecule has 1 aromatic carbocycles. The Morgan fingerprint density at radius 2 is 2.00 bits per heavy atom. The van der Waals surface area contributed by atoms with Crippen LogP contribution in [0.4, 0.5) is 5.69 Å². The molecule has 2 fully saturated rings. The van der Waals surface area contributed by atoms with Gasteiger partial charge in [-0.15, -0.1) is 0 Å². The quantitative estimate of drug-likeness (QED) is 0.866. The van der Waals surface area contributed by atoms with E-state index in [1.54, 1.807) is 0 Å². The van der Waals surface area contributed by atoms with Gasteiger partial charge >= 0.3 is 0 Å². The van der Waals surface area contributed by atoms with E-state index in [4.69, 9.17) is 0 Å². The lowest BCUT2D eigenvalue weighted by Gasteiger charge is -2.22. The normalized spacial score (nSPS) is 23.1. The zero-order valence-electron chi connectivity index (χ0n) is 12.5. The number of likely N-dealkylation sites (tertiary alicyclic amines) is 1. The molecule has 0 bridgehead atoms. The van der Waals surface area contributed by atoms with Gasteiger partial charge in [-0.05, 0) is 37.0 Å². The fourth-order valence-electron chi connectivity index (χ4n) is 3.39. The Kier molecular flexibility index (Phi) is 3.95. The van der Waals surface area contributed by atoms with Crippen molar-refractivity contribution in [2.45, 2.75) is 57.5 Å². The number of carbonyl (C=O) groups is 2. The summed E-state index contributed by atoms with van der Waals surface area (Å²) in [5, 5.41) is 3.24. The van der Waals surface area contributed by atoms with Crippen LogP contribution in [0.25, 0.3) is 0 Å². The molecule has 4 heteroatoms. The maximum atomic E-state index is 12.5. The highest BCUT2D eigenvalue weighted by Crippen LogP contribution is 2.29. The molecule has 1 unspecified atom stereocenters. The number of amides is 2. The highest BCUT2D eigenvalue weighted by molar-refractivity contribution is 6.07. The molecule has 0 spiro atoms. The van der Waals surface area contributed by atoms with E-state index in [0.717, 1.165) is 37.8 Å². The molecule has 4 nitrogen and oxygen atoms in total. The molecule has 21 heavy (non-hydrogen) atoms. The molecule has 0 aromatic heterocycles. The van der Waals surface area contributed by atoms with Crippen molar-refractivity contribution in [3.63, 3.8) is 0 Å². The average Bonchev–Trinajstić information content (AvgIpc) is 3.08. The SMILES string of the molecule is CCc1cccc(NC2CC(=O)N(C3CCCC3)C2=O)c1. The molecular formula is C17H22N2O2. The highest BCUT2D eigenvalue weighted by atomic mass is 16.2. The number of hydrogen-bond donors (Lipinski definition) is 1. The summed E-state index contributed by atoms with van der Waals surface area (Å²) in [4.78, 5) is 26.2. The van der Waals surface area contributed by atoms with Gasteiger partial charge in [0.1, 0.15) is 6.04 Å². The number of nitrogens with one attached hydrogen (secondary N) is 1. The Labute approximate surface area is 125 Å². The van der Waals surface area contributed by atoms with Crippen molar-refractivity contribution < 1.29 is 9.59 Å². The predicted molar refractivity (Wildman–Crippen MR) is 82.0 cm³/mol. The van der Waals surface area contributed by atoms with Crippen LogP contribution >= 0.6 is 0 Å². The van der Waals surface area contributed by atoms with Crippen LogP contribution in [-0.2, 0) is 16.0 Å². The summed E-state index contributed by atoms with van der Waals surface area (Å²) < 4.78 is 0. The maximum absolute atomic E-state index is 12.5. The number of benzene rings is 1. The van der Waals surface area contributed by atoms with E-state index in [1.165, 1.54) is 10.5 Å². The Bertz CT molecular complexity index is 549. The number of aryl methyl sites for hydroxylation is 1. The zero-order valence-corrected chi connectivity index (χ0v) is 12.5. The minimum Gasteiger partial charge on any atom is -0.373 e. The molecule has 1 atom stereocenters. The maximum Gasteiger partial charge on any atom is 0.252 e. The van der Waals surface area contributed by atoms with E-state index in [1.807, 2.05) is 12.1 Å². The van der Waals surface area contributed by atoms with E-state index >= 15 is 0 Å². The molecular weight excluding hydrogens is 264 g/mol. The molecule has 112 valence electrons. The van der Waals surface area contributed by atoms with Gasteiger partial charge in [-0.25, -0.2) is 0 Å². The first-order chi connectivity index (χ1) is 10.2. The molecule has 3 rings (SSSR count). The van der Waals surface area contributed by atoms with Crippen molar-refractivity contribution in [2.24, 2.45) is 0 Å². The molecule has 1 aromatic rings. The third-order valence-electron chi connectivity index (χ3n) is 4.55. The van der Waals surface area contributed by atoms with Crippen molar-refractivity contribution in [3.05, 3.63) is 29.8 Å². The van der Waals surface area contributed by atoms with Gasteiger partial charge in [0.15, 0.2) is 0 Å². The van der Waals surface area contributed by atoms with Crippen molar-refractivity contribution in [1.82, 2.24) is 4.90 Å². The van der Waals surface area contributed by atoms with Crippen LogP contribution in [0.15, 0.2) is 24.3 Å². The molecule has 1 aliphatic heterocycles. The summed E-state index contributed by atoms with van der Waals surface area (Å²) in [6, 6.07) is 7.80. The predicted octanol–water partition coefficient (Wildman–Crippen LogP) is 2.73. The van der Waals surface area contributed by atoms with E-state index in [9.17, 15) is 9.59 Å². The number of anilines is 1. The Morgan fingerprint density at radius 1 is 1.24 bits per heavy atom. The van der Waals surface area contributed by atoms with Crippen LogP contribution in [0.5, 0.6) is 0 Å². The highest BCUT2D eigenvalue weighted by Gasteiger charge is 2.42. The number of hydrogen-bond acceptors (Lipinski definition) is 3. The molecule has 1 heterocycles. The molecule has 1 aliphatic carbocycles. The van der Waals surface area contributed by atoms with Crippen LogP contribution in [0.2, 0.25) is 0 Å². The number of carbonyl (C=O) groups excluding carboxylic acids is 2. The minimum absolute atomic E-state index is 0.0175. The van der Waals surface area contributed by atoms with E-state index in [2.05, 4.69) is 24.4 Å². The van der Waals surface area contributed by atoms with Crippen LogP contribution in [0, 0.1) is 0 Å². The van der Waals surface area contributed by atoms with Crippen molar-refractivity contribution in [2.75, 3.05) is 5.32 Å². The summed E-state index contributed by atoms with van der Waals surface area (Å²) in [7, 11) is 0. The first kappa shape index (κ1) is 14.1. The van der Waals surface area contributed by atoms with Gasteiger partial charge in [0.25, 0.3) is 5.91 Å². The Balaban J connectivity index is 1.71. The second-order valence-electron chi connectivity index (χ2n) is 6.00. The monoisotopic (exact) mass is 286 g/mol. The van der Waals surface area contributed by atoms with Crippen LogP contribution in [0.1, 0.15) is 44.6 Å². The van der Waals surface area contributed by atoms with Gasteiger partial charge in [0.05, 0.1) is 6.42 Å². The summed E-state index contributed by atoms with van der Waals surface area (Å²) >= 11 is 0. The molecule has 1 N–H and O–H groups in total. The fourth-order valence-corrected chi connectivity index (χ4v) is 3.39. The number of nitrogens with zero attached hydrogens (tertiary/aromatic N) is 1. The van der Waals surface area contributed by atoms with Gasteiger partial charge in [0.2, 0.25) is 5.91 Å². The number of rotatable bonds is 4.